The standard InChI is InChI=1S/C34H30FN3O3/c1-3-40-33(39)34(19-20-34)27-15-13-25(14-16-27)24-9-11-26(12-10-24)32-31(22(2)38-41-32)37-30-6-4-5-29(36-30)21-23-7-17-28(35)18-8-23/h4-18H,3,19-21H2,1-2H3,(H,36,37). The van der Waals surface area contributed by atoms with Crippen LogP contribution in [0.4, 0.5) is 15.9 Å². The molecule has 6 nitrogen and oxygen atoms in total. The molecule has 1 fully saturated rings. The predicted octanol–water partition coefficient (Wildman–Crippen LogP) is 7.78. The highest BCUT2D eigenvalue weighted by Crippen LogP contribution is 2.49. The van der Waals surface area contributed by atoms with Gasteiger partial charge in [-0.3, -0.25) is 4.79 Å². The summed E-state index contributed by atoms with van der Waals surface area (Å²) in [5.41, 5.74) is 6.87. The van der Waals surface area contributed by atoms with Gasteiger partial charge < -0.3 is 14.6 Å². The number of hydrogen-bond acceptors (Lipinski definition) is 6. The minimum absolute atomic E-state index is 0.126. The van der Waals surface area contributed by atoms with Crippen LogP contribution in [0.1, 0.15) is 42.3 Å². The van der Waals surface area contributed by atoms with Crippen LogP contribution < -0.4 is 5.32 Å². The molecule has 3 aromatic carbocycles. The van der Waals surface area contributed by atoms with Crippen molar-refractivity contribution in [3.63, 3.8) is 0 Å². The van der Waals surface area contributed by atoms with Crippen LogP contribution in [0.15, 0.2) is 95.5 Å². The summed E-state index contributed by atoms with van der Waals surface area (Å²) in [5, 5.41) is 7.58. The number of nitrogens with one attached hydrogen (secondary N) is 1. The van der Waals surface area contributed by atoms with Gasteiger partial charge >= 0.3 is 5.97 Å². The number of benzene rings is 3. The van der Waals surface area contributed by atoms with Crippen molar-refractivity contribution in [2.75, 3.05) is 11.9 Å². The summed E-state index contributed by atoms with van der Waals surface area (Å²) in [6, 6.07) is 28.5. The number of aryl methyl sites for hydroxylation is 1. The van der Waals surface area contributed by atoms with Gasteiger partial charge in [0.2, 0.25) is 0 Å². The largest absolute Gasteiger partial charge is 0.465 e. The number of pyridine rings is 1. The third kappa shape index (κ3) is 5.48. The molecular weight excluding hydrogens is 517 g/mol. The number of nitrogens with zero attached hydrogens (tertiary/aromatic N) is 2. The fraction of sp³-hybridized carbons (Fsp3) is 0.206. The summed E-state index contributed by atoms with van der Waals surface area (Å²) >= 11 is 0. The van der Waals surface area contributed by atoms with Crippen LogP contribution in [0.3, 0.4) is 0 Å². The topological polar surface area (TPSA) is 77.2 Å². The molecule has 1 aliphatic carbocycles. The van der Waals surface area contributed by atoms with Crippen molar-refractivity contribution in [3.8, 4) is 22.5 Å². The molecule has 0 unspecified atom stereocenters. The van der Waals surface area contributed by atoms with E-state index >= 15 is 0 Å². The van der Waals surface area contributed by atoms with Crippen molar-refractivity contribution < 1.29 is 18.4 Å². The van der Waals surface area contributed by atoms with Crippen molar-refractivity contribution in [3.05, 3.63) is 119 Å². The van der Waals surface area contributed by atoms with Gasteiger partial charge in [0.05, 0.1) is 12.0 Å². The number of halogens is 1. The Balaban J connectivity index is 1.18. The van der Waals surface area contributed by atoms with E-state index in [-0.39, 0.29) is 11.8 Å². The second-order valence-electron chi connectivity index (χ2n) is 10.4. The highest BCUT2D eigenvalue weighted by atomic mass is 19.1. The fourth-order valence-electron chi connectivity index (χ4n) is 5.10. The van der Waals surface area contributed by atoms with Crippen molar-refractivity contribution in [1.29, 1.82) is 0 Å². The zero-order valence-electron chi connectivity index (χ0n) is 23.0. The summed E-state index contributed by atoms with van der Waals surface area (Å²) < 4.78 is 24.3. The van der Waals surface area contributed by atoms with Crippen LogP contribution in [-0.2, 0) is 21.4 Å². The Kier molecular flexibility index (Phi) is 7.10. The Morgan fingerprint density at radius 1 is 0.927 bits per heavy atom. The van der Waals surface area contributed by atoms with Gasteiger partial charge in [-0.2, -0.15) is 0 Å². The van der Waals surface area contributed by atoms with E-state index in [2.05, 4.69) is 22.6 Å². The van der Waals surface area contributed by atoms with E-state index in [1.807, 2.05) is 68.4 Å². The molecule has 1 N–H and O–H groups in total. The van der Waals surface area contributed by atoms with Crippen LogP contribution in [0.2, 0.25) is 0 Å². The number of anilines is 2. The Morgan fingerprint density at radius 3 is 2.24 bits per heavy atom. The van der Waals surface area contributed by atoms with Crippen LogP contribution in [0.5, 0.6) is 0 Å². The maximum Gasteiger partial charge on any atom is 0.316 e. The van der Waals surface area contributed by atoms with E-state index in [0.29, 0.717) is 24.6 Å². The molecule has 41 heavy (non-hydrogen) atoms. The van der Waals surface area contributed by atoms with E-state index in [0.717, 1.165) is 57.7 Å². The lowest BCUT2D eigenvalue weighted by molar-refractivity contribution is -0.146. The average Bonchev–Trinajstić information content (AvgIpc) is 3.74. The molecular formula is C34H30FN3O3. The quantitative estimate of drug-likeness (QED) is 0.190. The zero-order valence-corrected chi connectivity index (χ0v) is 23.0. The Bertz CT molecular complexity index is 1670. The van der Waals surface area contributed by atoms with Crippen LogP contribution >= 0.6 is 0 Å². The minimum atomic E-state index is -0.471. The van der Waals surface area contributed by atoms with Gasteiger partial charge in [-0.1, -0.05) is 71.9 Å². The number of esters is 1. The van der Waals surface area contributed by atoms with Crippen molar-refractivity contribution in [2.24, 2.45) is 0 Å². The fourth-order valence-corrected chi connectivity index (χ4v) is 5.10. The minimum Gasteiger partial charge on any atom is -0.465 e. The molecule has 0 saturated heterocycles. The van der Waals surface area contributed by atoms with Gasteiger partial charge in [-0.15, -0.1) is 0 Å². The third-order valence-electron chi connectivity index (χ3n) is 7.56. The average molecular weight is 548 g/mol. The highest BCUT2D eigenvalue weighted by molar-refractivity contribution is 5.87. The second kappa shape index (κ2) is 11.0. The lowest BCUT2D eigenvalue weighted by Gasteiger charge is -2.14. The summed E-state index contributed by atoms with van der Waals surface area (Å²) in [6.07, 6.45) is 2.26. The summed E-state index contributed by atoms with van der Waals surface area (Å²) in [4.78, 5) is 17.2. The molecule has 5 aromatic rings. The van der Waals surface area contributed by atoms with Crippen LogP contribution in [-0.4, -0.2) is 22.7 Å². The van der Waals surface area contributed by atoms with Crippen LogP contribution in [0.25, 0.3) is 22.5 Å². The molecule has 6 rings (SSSR count). The van der Waals surface area contributed by atoms with Gasteiger partial charge in [0.15, 0.2) is 5.76 Å². The van der Waals surface area contributed by atoms with Crippen LogP contribution in [0, 0.1) is 12.7 Å². The van der Waals surface area contributed by atoms with Gasteiger partial charge in [0, 0.05) is 17.7 Å². The Hall–Kier alpha value is -4.78. The number of rotatable bonds is 9. The summed E-state index contributed by atoms with van der Waals surface area (Å²) in [5.74, 6) is 0.917. The first-order chi connectivity index (χ1) is 19.9. The number of carbonyl (C=O) groups is 1. The molecule has 206 valence electrons. The molecule has 0 bridgehead atoms. The Labute approximate surface area is 238 Å². The predicted molar refractivity (Wildman–Crippen MR) is 156 cm³/mol. The van der Waals surface area contributed by atoms with Gasteiger partial charge in [-0.25, -0.2) is 9.37 Å². The normalized spacial score (nSPS) is 13.5. The first-order valence-corrected chi connectivity index (χ1v) is 13.8. The molecule has 0 aliphatic heterocycles. The van der Waals surface area contributed by atoms with Crippen molar-refractivity contribution in [1.82, 2.24) is 10.1 Å². The summed E-state index contributed by atoms with van der Waals surface area (Å²) in [7, 11) is 0. The molecule has 0 radical (unpaired) electrons. The van der Waals surface area contributed by atoms with Gasteiger partial charge in [0.1, 0.15) is 23.0 Å². The lowest BCUT2D eigenvalue weighted by atomic mass is 9.93. The van der Waals surface area contributed by atoms with E-state index in [9.17, 15) is 9.18 Å². The van der Waals surface area contributed by atoms with Gasteiger partial charge in [-0.05, 0) is 73.2 Å². The highest BCUT2D eigenvalue weighted by Gasteiger charge is 2.52. The number of aromatic nitrogens is 2. The van der Waals surface area contributed by atoms with Crippen molar-refractivity contribution >= 4 is 17.5 Å². The smallest absolute Gasteiger partial charge is 0.316 e. The first-order valence-electron chi connectivity index (χ1n) is 13.8. The number of hydrogen-bond donors (Lipinski definition) is 1. The molecule has 0 amide bonds. The Morgan fingerprint density at radius 2 is 1.59 bits per heavy atom. The number of ether oxygens (including phenoxy) is 1. The monoisotopic (exact) mass is 547 g/mol. The lowest BCUT2D eigenvalue weighted by Crippen LogP contribution is -2.23. The van der Waals surface area contributed by atoms with E-state index < -0.39 is 5.41 Å². The molecule has 0 atom stereocenters. The maximum atomic E-state index is 13.3. The van der Waals surface area contributed by atoms with Gasteiger partial charge in [0.25, 0.3) is 0 Å². The summed E-state index contributed by atoms with van der Waals surface area (Å²) in [6.45, 7) is 4.12. The van der Waals surface area contributed by atoms with Crippen molar-refractivity contribution in [2.45, 2.75) is 38.5 Å². The SMILES string of the molecule is CCOC(=O)C1(c2ccc(-c3ccc(-c4onc(C)c4Nc4cccc(Cc5ccc(F)cc5)n4)cc3)cc2)CC1. The maximum absolute atomic E-state index is 13.3. The third-order valence-corrected chi connectivity index (χ3v) is 7.56. The molecule has 7 heteroatoms. The molecule has 0 spiro atoms. The number of carbonyl (C=O) groups excluding carboxylic acids is 1. The molecule has 1 saturated carbocycles. The first kappa shape index (κ1) is 26.4. The second-order valence-corrected chi connectivity index (χ2v) is 10.4. The van der Waals surface area contributed by atoms with E-state index in [1.54, 1.807) is 12.1 Å². The molecule has 2 aromatic heterocycles. The van der Waals surface area contributed by atoms with E-state index in [1.165, 1.54) is 12.1 Å². The molecule has 2 heterocycles. The molecule has 1 aliphatic rings. The van der Waals surface area contributed by atoms with E-state index in [4.69, 9.17) is 14.2 Å². The zero-order chi connectivity index (χ0) is 28.4.